The number of halogens is 1. The molecule has 0 saturated carbocycles. The Bertz CT molecular complexity index is 348. The molecule has 0 N–H and O–H groups in total. The number of hydrogen-bond donors (Lipinski definition) is 0. The maximum absolute atomic E-state index is 11.0. The summed E-state index contributed by atoms with van der Waals surface area (Å²) in [5.41, 5.74) is 0. The first-order valence-electron chi connectivity index (χ1n) is 5.57. The number of hydrogen-bond acceptors (Lipinski definition) is 3. The van der Waals surface area contributed by atoms with Gasteiger partial charge in [-0.15, -0.1) is 0 Å². The first-order chi connectivity index (χ1) is 8.11. The van der Waals surface area contributed by atoms with Crippen molar-refractivity contribution in [2.75, 3.05) is 13.7 Å². The molecule has 4 heteroatoms. The molecule has 94 valence electrons. The van der Waals surface area contributed by atoms with Crippen LogP contribution in [0.1, 0.15) is 19.8 Å². The van der Waals surface area contributed by atoms with Gasteiger partial charge >= 0.3 is 5.97 Å². The Morgan fingerprint density at radius 2 is 2.00 bits per heavy atom. The van der Waals surface area contributed by atoms with E-state index >= 15 is 0 Å². The third kappa shape index (κ3) is 5.73. The van der Waals surface area contributed by atoms with Crippen molar-refractivity contribution < 1.29 is 14.3 Å². The number of esters is 1. The van der Waals surface area contributed by atoms with Crippen LogP contribution in [0.3, 0.4) is 0 Å². The first kappa shape index (κ1) is 14.0. The van der Waals surface area contributed by atoms with E-state index < -0.39 is 0 Å². The molecule has 0 unspecified atom stereocenters. The molecule has 1 aromatic rings. The molecular weight excluding hydrogens is 284 g/mol. The van der Waals surface area contributed by atoms with E-state index in [1.165, 1.54) is 7.11 Å². The van der Waals surface area contributed by atoms with E-state index in [4.69, 9.17) is 4.74 Å². The van der Waals surface area contributed by atoms with Crippen molar-refractivity contribution in [1.82, 2.24) is 0 Å². The van der Waals surface area contributed by atoms with Crippen molar-refractivity contribution in [2.24, 2.45) is 5.92 Å². The van der Waals surface area contributed by atoms with Gasteiger partial charge in [-0.3, -0.25) is 4.79 Å². The fraction of sp³-hybridized carbons (Fsp3) is 0.462. The first-order valence-corrected chi connectivity index (χ1v) is 6.36. The molecule has 1 aromatic carbocycles. The molecule has 0 saturated heterocycles. The lowest BCUT2D eigenvalue weighted by atomic mass is 10.1. The van der Waals surface area contributed by atoms with E-state index in [2.05, 4.69) is 27.6 Å². The normalized spacial score (nSPS) is 11.9. The van der Waals surface area contributed by atoms with E-state index in [1.807, 2.05) is 24.3 Å². The van der Waals surface area contributed by atoms with Crippen LogP contribution in [0.4, 0.5) is 0 Å². The lowest BCUT2D eigenvalue weighted by Gasteiger charge is -2.12. The summed E-state index contributed by atoms with van der Waals surface area (Å²) in [7, 11) is 1.41. The van der Waals surface area contributed by atoms with Crippen molar-refractivity contribution in [3.05, 3.63) is 28.7 Å². The SMILES string of the molecule is COC(=O)CC[C@H](C)COc1ccc(Br)cc1. The van der Waals surface area contributed by atoms with Gasteiger partial charge in [0.15, 0.2) is 0 Å². The average Bonchev–Trinajstić information content (AvgIpc) is 2.35. The zero-order valence-corrected chi connectivity index (χ0v) is 11.7. The third-order valence-electron chi connectivity index (χ3n) is 2.42. The number of methoxy groups -OCH3 is 1. The van der Waals surface area contributed by atoms with E-state index in [0.29, 0.717) is 18.9 Å². The molecule has 0 amide bonds. The van der Waals surface area contributed by atoms with Gasteiger partial charge in [-0.1, -0.05) is 22.9 Å². The maximum atomic E-state index is 11.0. The van der Waals surface area contributed by atoms with Gasteiger partial charge < -0.3 is 9.47 Å². The molecule has 0 aliphatic rings. The van der Waals surface area contributed by atoms with Crippen molar-refractivity contribution in [3.8, 4) is 5.75 Å². The molecule has 3 nitrogen and oxygen atoms in total. The second-order valence-electron chi connectivity index (χ2n) is 3.98. The molecule has 17 heavy (non-hydrogen) atoms. The standard InChI is InChI=1S/C13H17BrO3/c1-10(3-8-13(15)16-2)9-17-12-6-4-11(14)5-7-12/h4-7,10H,3,8-9H2,1-2H3/t10-/m0/s1. The zero-order chi connectivity index (χ0) is 12.7. The van der Waals surface area contributed by atoms with Crippen LogP contribution in [0, 0.1) is 5.92 Å². The minimum Gasteiger partial charge on any atom is -0.493 e. The van der Waals surface area contributed by atoms with E-state index in [0.717, 1.165) is 16.6 Å². The Kier molecular flexibility index (Phi) is 6.05. The van der Waals surface area contributed by atoms with Gasteiger partial charge in [0.25, 0.3) is 0 Å². The fourth-order valence-electron chi connectivity index (χ4n) is 1.32. The third-order valence-corrected chi connectivity index (χ3v) is 2.95. The van der Waals surface area contributed by atoms with Crippen LogP contribution in [0.15, 0.2) is 28.7 Å². The smallest absolute Gasteiger partial charge is 0.305 e. The van der Waals surface area contributed by atoms with Crippen LogP contribution < -0.4 is 4.74 Å². The van der Waals surface area contributed by atoms with Crippen molar-refractivity contribution in [2.45, 2.75) is 19.8 Å². The highest BCUT2D eigenvalue weighted by atomic mass is 79.9. The van der Waals surface area contributed by atoms with Gasteiger partial charge in [-0.25, -0.2) is 0 Å². The number of carbonyl (C=O) groups excluding carboxylic acids is 1. The van der Waals surface area contributed by atoms with Crippen LogP contribution in [-0.2, 0) is 9.53 Å². The maximum Gasteiger partial charge on any atom is 0.305 e. The van der Waals surface area contributed by atoms with Gasteiger partial charge in [-0.05, 0) is 36.6 Å². The number of rotatable bonds is 6. The Labute approximate surface area is 110 Å². The molecule has 0 aliphatic heterocycles. The Morgan fingerprint density at radius 1 is 1.35 bits per heavy atom. The molecule has 1 rings (SSSR count). The predicted molar refractivity (Wildman–Crippen MR) is 70.1 cm³/mol. The number of benzene rings is 1. The predicted octanol–water partition coefficient (Wildman–Crippen LogP) is 3.42. The van der Waals surface area contributed by atoms with Crippen molar-refractivity contribution in [1.29, 1.82) is 0 Å². The second kappa shape index (κ2) is 7.33. The molecule has 1 atom stereocenters. The Hall–Kier alpha value is -1.03. The summed E-state index contributed by atoms with van der Waals surface area (Å²) in [5, 5.41) is 0. The van der Waals surface area contributed by atoms with Gasteiger partial charge in [0, 0.05) is 10.9 Å². The molecule has 0 aliphatic carbocycles. The van der Waals surface area contributed by atoms with Gasteiger partial charge in [0.1, 0.15) is 5.75 Å². The van der Waals surface area contributed by atoms with Crippen molar-refractivity contribution in [3.63, 3.8) is 0 Å². The number of carbonyl (C=O) groups is 1. The van der Waals surface area contributed by atoms with E-state index in [9.17, 15) is 4.79 Å². The van der Waals surface area contributed by atoms with E-state index in [-0.39, 0.29) is 5.97 Å². The van der Waals surface area contributed by atoms with Gasteiger partial charge in [0.05, 0.1) is 13.7 Å². The summed E-state index contributed by atoms with van der Waals surface area (Å²) in [6.07, 6.45) is 1.23. The van der Waals surface area contributed by atoms with Crippen LogP contribution in [0.5, 0.6) is 5.75 Å². The zero-order valence-electron chi connectivity index (χ0n) is 10.1. The molecule has 0 heterocycles. The van der Waals surface area contributed by atoms with Crippen LogP contribution in [0.2, 0.25) is 0 Å². The Balaban J connectivity index is 2.25. The van der Waals surface area contributed by atoms with Crippen LogP contribution >= 0.6 is 15.9 Å². The minimum atomic E-state index is -0.166. The monoisotopic (exact) mass is 300 g/mol. The lowest BCUT2D eigenvalue weighted by Crippen LogP contribution is -2.11. The lowest BCUT2D eigenvalue weighted by molar-refractivity contribution is -0.140. The molecule has 0 aromatic heterocycles. The summed E-state index contributed by atoms with van der Waals surface area (Å²) >= 11 is 3.37. The van der Waals surface area contributed by atoms with Crippen LogP contribution in [0.25, 0.3) is 0 Å². The molecule has 0 fully saturated rings. The average molecular weight is 301 g/mol. The highest BCUT2D eigenvalue weighted by Gasteiger charge is 2.07. The minimum absolute atomic E-state index is 0.166. The highest BCUT2D eigenvalue weighted by Crippen LogP contribution is 2.17. The summed E-state index contributed by atoms with van der Waals surface area (Å²) < 4.78 is 11.2. The highest BCUT2D eigenvalue weighted by molar-refractivity contribution is 9.10. The molecule has 0 spiro atoms. The summed E-state index contributed by atoms with van der Waals surface area (Å²) in [6, 6.07) is 7.71. The molecule has 0 bridgehead atoms. The van der Waals surface area contributed by atoms with E-state index in [1.54, 1.807) is 0 Å². The Morgan fingerprint density at radius 3 is 2.59 bits per heavy atom. The van der Waals surface area contributed by atoms with Crippen molar-refractivity contribution >= 4 is 21.9 Å². The number of ether oxygens (including phenoxy) is 2. The largest absolute Gasteiger partial charge is 0.493 e. The van der Waals surface area contributed by atoms with Crippen LogP contribution in [-0.4, -0.2) is 19.7 Å². The summed E-state index contributed by atoms with van der Waals surface area (Å²) in [5.74, 6) is 1.01. The van der Waals surface area contributed by atoms with Gasteiger partial charge in [0.2, 0.25) is 0 Å². The second-order valence-corrected chi connectivity index (χ2v) is 4.90. The summed E-state index contributed by atoms with van der Waals surface area (Å²) in [4.78, 5) is 11.0. The quantitative estimate of drug-likeness (QED) is 0.755. The summed E-state index contributed by atoms with van der Waals surface area (Å²) in [6.45, 7) is 2.67. The fourth-order valence-corrected chi connectivity index (χ4v) is 1.58. The molecular formula is C13H17BrO3. The van der Waals surface area contributed by atoms with Gasteiger partial charge in [-0.2, -0.15) is 0 Å². The topological polar surface area (TPSA) is 35.5 Å². The molecule has 0 radical (unpaired) electrons.